The fraction of sp³-hybridized carbons (Fsp3) is 0.385. The SMILES string of the molecule is CC(C)OCCCN1CC(=O)N2C(Cc3c([nH]c4ccccc34)C2c2cccc(Br)c2)C1=O. The number of aromatic amines is 1. The van der Waals surface area contributed by atoms with E-state index in [9.17, 15) is 9.59 Å². The molecular formula is C26H28BrN3O3. The summed E-state index contributed by atoms with van der Waals surface area (Å²) < 4.78 is 6.58. The van der Waals surface area contributed by atoms with Crippen molar-refractivity contribution in [1.82, 2.24) is 14.8 Å². The van der Waals surface area contributed by atoms with Crippen LogP contribution in [0.1, 0.15) is 43.1 Å². The van der Waals surface area contributed by atoms with Crippen molar-refractivity contribution in [2.75, 3.05) is 19.7 Å². The number of fused-ring (bicyclic) bond motifs is 4. The summed E-state index contributed by atoms with van der Waals surface area (Å²) in [5, 5.41) is 1.12. The number of hydrogen-bond acceptors (Lipinski definition) is 3. The van der Waals surface area contributed by atoms with Crippen molar-refractivity contribution in [2.24, 2.45) is 0 Å². The maximum atomic E-state index is 13.6. The monoisotopic (exact) mass is 509 g/mol. The van der Waals surface area contributed by atoms with Gasteiger partial charge in [0.25, 0.3) is 0 Å². The van der Waals surface area contributed by atoms with Crippen molar-refractivity contribution < 1.29 is 14.3 Å². The van der Waals surface area contributed by atoms with Crippen LogP contribution < -0.4 is 0 Å². The number of nitrogens with zero attached hydrogens (tertiary/aromatic N) is 2. The number of ether oxygens (including phenoxy) is 1. The molecule has 2 atom stereocenters. The Balaban J connectivity index is 1.53. The molecule has 2 aromatic carbocycles. The van der Waals surface area contributed by atoms with Crippen LogP contribution in [0.25, 0.3) is 10.9 Å². The highest BCUT2D eigenvalue weighted by molar-refractivity contribution is 9.10. The highest BCUT2D eigenvalue weighted by Crippen LogP contribution is 2.42. The van der Waals surface area contributed by atoms with Gasteiger partial charge < -0.3 is 19.5 Å². The van der Waals surface area contributed by atoms with Crippen LogP contribution in [-0.4, -0.2) is 58.4 Å². The van der Waals surface area contributed by atoms with E-state index in [-0.39, 0.29) is 30.5 Å². The van der Waals surface area contributed by atoms with Gasteiger partial charge in [0.2, 0.25) is 11.8 Å². The number of hydrogen-bond donors (Lipinski definition) is 1. The van der Waals surface area contributed by atoms with Crippen LogP contribution in [0.15, 0.2) is 53.0 Å². The number of halogens is 1. The maximum absolute atomic E-state index is 13.6. The standard InChI is InChI=1S/C26H28BrN3O3/c1-16(2)33-12-6-11-29-15-23(31)30-22(26(29)32)14-20-19-9-3-4-10-21(19)28-24(20)25(30)17-7-5-8-18(27)13-17/h3-5,7-10,13,16,22,25,28H,6,11-12,14-15H2,1-2H3. The van der Waals surface area contributed by atoms with Crippen molar-refractivity contribution in [3.63, 3.8) is 0 Å². The van der Waals surface area contributed by atoms with Crippen molar-refractivity contribution in [3.05, 3.63) is 69.8 Å². The first-order chi connectivity index (χ1) is 15.9. The van der Waals surface area contributed by atoms with Gasteiger partial charge in [-0.25, -0.2) is 0 Å². The van der Waals surface area contributed by atoms with Crippen molar-refractivity contribution in [1.29, 1.82) is 0 Å². The number of carbonyl (C=O) groups excluding carboxylic acids is 2. The Hall–Kier alpha value is -2.64. The molecule has 1 fully saturated rings. The van der Waals surface area contributed by atoms with E-state index >= 15 is 0 Å². The Bertz CT molecular complexity index is 1200. The zero-order chi connectivity index (χ0) is 23.1. The van der Waals surface area contributed by atoms with Crippen LogP contribution in [-0.2, 0) is 20.7 Å². The van der Waals surface area contributed by atoms with Crippen LogP contribution in [0.3, 0.4) is 0 Å². The quantitative estimate of drug-likeness (QED) is 0.499. The van der Waals surface area contributed by atoms with Gasteiger partial charge in [-0.1, -0.05) is 46.3 Å². The molecule has 2 unspecified atom stereocenters. The van der Waals surface area contributed by atoms with E-state index < -0.39 is 6.04 Å². The average molecular weight is 510 g/mol. The van der Waals surface area contributed by atoms with E-state index in [0.29, 0.717) is 19.6 Å². The number of benzene rings is 2. The van der Waals surface area contributed by atoms with Gasteiger partial charge >= 0.3 is 0 Å². The van der Waals surface area contributed by atoms with Gasteiger partial charge in [0.05, 0.1) is 18.7 Å². The van der Waals surface area contributed by atoms with Crippen LogP contribution in [0.5, 0.6) is 0 Å². The first-order valence-corrected chi connectivity index (χ1v) is 12.3. The van der Waals surface area contributed by atoms with E-state index in [0.717, 1.165) is 38.6 Å². The smallest absolute Gasteiger partial charge is 0.246 e. The number of nitrogens with one attached hydrogen (secondary N) is 1. The molecule has 1 aromatic heterocycles. The van der Waals surface area contributed by atoms with E-state index in [1.807, 2.05) is 55.1 Å². The molecule has 1 N–H and O–H groups in total. The summed E-state index contributed by atoms with van der Waals surface area (Å²) in [6.07, 6.45) is 1.40. The third kappa shape index (κ3) is 4.08. The zero-order valence-corrected chi connectivity index (χ0v) is 20.5. The molecule has 0 radical (unpaired) electrons. The molecule has 5 rings (SSSR count). The predicted octanol–water partition coefficient (Wildman–Crippen LogP) is 4.43. The lowest BCUT2D eigenvalue weighted by atomic mass is 9.86. The summed E-state index contributed by atoms with van der Waals surface area (Å²) in [4.78, 5) is 34.2. The number of para-hydroxylation sites is 1. The van der Waals surface area contributed by atoms with Crippen LogP contribution in [0.2, 0.25) is 0 Å². The van der Waals surface area contributed by atoms with Gasteiger partial charge in [0, 0.05) is 40.6 Å². The Morgan fingerprint density at radius 2 is 1.97 bits per heavy atom. The van der Waals surface area contributed by atoms with Gasteiger partial charge in [-0.05, 0) is 49.6 Å². The fourth-order valence-corrected chi connectivity index (χ4v) is 5.53. The Morgan fingerprint density at radius 1 is 1.15 bits per heavy atom. The minimum Gasteiger partial charge on any atom is -0.379 e. The summed E-state index contributed by atoms with van der Waals surface area (Å²) in [5.41, 5.74) is 4.15. The second-order valence-corrected chi connectivity index (χ2v) is 9.99. The maximum Gasteiger partial charge on any atom is 0.246 e. The number of aromatic nitrogens is 1. The number of rotatable bonds is 6. The second-order valence-electron chi connectivity index (χ2n) is 9.07. The molecule has 33 heavy (non-hydrogen) atoms. The first kappa shape index (κ1) is 22.2. The summed E-state index contributed by atoms with van der Waals surface area (Å²) >= 11 is 3.57. The lowest BCUT2D eigenvalue weighted by Gasteiger charge is -2.47. The minimum atomic E-state index is -0.507. The Kier molecular flexibility index (Phi) is 6.01. The van der Waals surface area contributed by atoms with Crippen molar-refractivity contribution in [3.8, 4) is 0 Å². The molecule has 172 valence electrons. The van der Waals surface area contributed by atoms with Crippen molar-refractivity contribution in [2.45, 2.75) is 44.9 Å². The Morgan fingerprint density at radius 3 is 2.76 bits per heavy atom. The number of carbonyl (C=O) groups is 2. The predicted molar refractivity (Wildman–Crippen MR) is 131 cm³/mol. The van der Waals surface area contributed by atoms with Gasteiger partial charge in [-0.15, -0.1) is 0 Å². The average Bonchev–Trinajstić information content (AvgIpc) is 3.16. The molecule has 0 bridgehead atoms. The molecule has 1 saturated heterocycles. The van der Waals surface area contributed by atoms with E-state index in [4.69, 9.17) is 4.74 Å². The molecule has 0 saturated carbocycles. The summed E-state index contributed by atoms with van der Waals surface area (Å²) in [6, 6.07) is 15.3. The van der Waals surface area contributed by atoms with Gasteiger partial charge in [-0.2, -0.15) is 0 Å². The third-order valence-corrected chi connectivity index (χ3v) is 7.02. The molecule has 0 aliphatic carbocycles. The molecule has 7 heteroatoms. The number of piperazine rings is 1. The molecule has 2 amide bonds. The van der Waals surface area contributed by atoms with Gasteiger partial charge in [0.15, 0.2) is 0 Å². The molecule has 3 aromatic rings. The lowest BCUT2D eigenvalue weighted by molar-refractivity contribution is -0.158. The first-order valence-electron chi connectivity index (χ1n) is 11.5. The highest BCUT2D eigenvalue weighted by Gasteiger charge is 2.48. The van der Waals surface area contributed by atoms with Gasteiger partial charge in [0.1, 0.15) is 6.04 Å². The lowest BCUT2D eigenvalue weighted by Crippen LogP contribution is -2.63. The molecule has 2 aliphatic rings. The van der Waals surface area contributed by atoms with Crippen molar-refractivity contribution >= 4 is 38.6 Å². The Labute approximate surface area is 202 Å². The molecule has 6 nitrogen and oxygen atoms in total. The minimum absolute atomic E-state index is 0.0151. The zero-order valence-electron chi connectivity index (χ0n) is 18.9. The van der Waals surface area contributed by atoms with Crippen LogP contribution in [0.4, 0.5) is 0 Å². The molecule has 3 heterocycles. The number of H-pyrrole nitrogens is 1. The summed E-state index contributed by atoms with van der Waals surface area (Å²) in [6.45, 7) is 5.21. The third-order valence-electron chi connectivity index (χ3n) is 6.53. The molecule has 2 aliphatic heterocycles. The summed E-state index contributed by atoms with van der Waals surface area (Å²) in [7, 11) is 0. The number of amides is 2. The topological polar surface area (TPSA) is 65.6 Å². The van der Waals surface area contributed by atoms with E-state index in [1.54, 1.807) is 4.90 Å². The van der Waals surface area contributed by atoms with E-state index in [1.165, 1.54) is 0 Å². The van der Waals surface area contributed by atoms with Crippen LogP contribution in [0, 0.1) is 0 Å². The van der Waals surface area contributed by atoms with Crippen LogP contribution >= 0.6 is 15.9 Å². The normalized spacial score (nSPS) is 20.5. The summed E-state index contributed by atoms with van der Waals surface area (Å²) in [5.74, 6) is 0.00809. The second kappa shape index (κ2) is 8.95. The molecule has 0 spiro atoms. The largest absolute Gasteiger partial charge is 0.379 e. The highest BCUT2D eigenvalue weighted by atomic mass is 79.9. The van der Waals surface area contributed by atoms with E-state index in [2.05, 4.69) is 33.0 Å². The fourth-order valence-electron chi connectivity index (χ4n) is 5.11. The molecular weight excluding hydrogens is 482 g/mol. The van der Waals surface area contributed by atoms with Gasteiger partial charge in [-0.3, -0.25) is 9.59 Å².